The summed E-state index contributed by atoms with van der Waals surface area (Å²) in [5.41, 5.74) is 6.54. The Morgan fingerprint density at radius 1 is 1.09 bits per heavy atom. The highest BCUT2D eigenvalue weighted by Crippen LogP contribution is 2.75. The zero-order valence-corrected chi connectivity index (χ0v) is 37.3. The first kappa shape index (κ1) is 44.1. The van der Waals surface area contributed by atoms with Crippen molar-refractivity contribution >= 4 is 29.3 Å². The van der Waals surface area contributed by atoms with Crippen molar-refractivity contribution in [1.29, 1.82) is 0 Å². The van der Waals surface area contributed by atoms with Crippen LogP contribution in [0.15, 0.2) is 34.3 Å². The number of nitrogens with zero attached hydrogens (tertiary/aromatic N) is 3. The molecule has 0 amide bonds. The van der Waals surface area contributed by atoms with Gasteiger partial charge in [-0.05, 0) is 135 Å². The lowest BCUT2D eigenvalue weighted by molar-refractivity contribution is -0.184. The Balaban J connectivity index is 1.39. The first-order valence-corrected chi connectivity index (χ1v) is 22.0. The molecule has 0 spiro atoms. The molecule has 0 aromatic carbocycles. The largest absolute Gasteiger partial charge is 0.495 e. The summed E-state index contributed by atoms with van der Waals surface area (Å²) < 4.78 is 14.7. The Hall–Kier alpha value is -3.44. The number of aromatic nitrogens is 3. The maximum absolute atomic E-state index is 14.5. The van der Waals surface area contributed by atoms with E-state index in [9.17, 15) is 24.3 Å². The van der Waals surface area contributed by atoms with Crippen LogP contribution in [0, 0.1) is 45.3 Å². The molecule has 58 heavy (non-hydrogen) atoms. The van der Waals surface area contributed by atoms with E-state index in [0.717, 1.165) is 50.5 Å². The van der Waals surface area contributed by atoms with E-state index in [4.69, 9.17) is 26.8 Å². The van der Waals surface area contributed by atoms with E-state index in [-0.39, 0.29) is 69.9 Å². The Morgan fingerprint density at radius 3 is 2.38 bits per heavy atom. The molecular weight excluding hydrogens is 756 g/mol. The SMILES string of the molecule is CC[C@H](CC[C@@]1(C)[C@H](C)CC[C@]2(C)[C@@H]1CC[C@@H]1C3=C(C(C)C)C(=O)C[C@]3(c3c(Cl)c(=O)n(-c4ccc(OC)cn4)n3CCN)CC[C@]12C)OC(=O)CC(C)(C)C(=O)O. The summed E-state index contributed by atoms with van der Waals surface area (Å²) in [7, 11) is 1.57. The zero-order valence-electron chi connectivity index (χ0n) is 36.5. The van der Waals surface area contributed by atoms with Gasteiger partial charge in [0.15, 0.2) is 11.6 Å². The summed E-state index contributed by atoms with van der Waals surface area (Å²) in [5, 5.41) is 9.72. The van der Waals surface area contributed by atoms with Gasteiger partial charge in [0.1, 0.15) is 16.9 Å². The number of hydrogen-bond donors (Lipinski definition) is 2. The van der Waals surface area contributed by atoms with E-state index in [1.165, 1.54) is 10.3 Å². The molecule has 11 nitrogen and oxygen atoms in total. The van der Waals surface area contributed by atoms with E-state index in [0.29, 0.717) is 48.5 Å². The third kappa shape index (κ3) is 6.88. The third-order valence-electron chi connectivity index (χ3n) is 16.1. The van der Waals surface area contributed by atoms with Gasteiger partial charge in [-0.3, -0.25) is 23.9 Å². The van der Waals surface area contributed by atoms with Gasteiger partial charge in [0, 0.05) is 18.4 Å². The monoisotopic (exact) mass is 822 g/mol. The van der Waals surface area contributed by atoms with Crippen LogP contribution in [0.5, 0.6) is 5.75 Å². The van der Waals surface area contributed by atoms with Gasteiger partial charge >= 0.3 is 11.9 Å². The molecule has 0 bridgehead atoms. The fourth-order valence-electron chi connectivity index (χ4n) is 12.5. The highest BCUT2D eigenvalue weighted by atomic mass is 35.5. The van der Waals surface area contributed by atoms with Crippen LogP contribution in [0.25, 0.3) is 5.82 Å². The van der Waals surface area contributed by atoms with E-state index in [2.05, 4.69) is 46.5 Å². The highest BCUT2D eigenvalue weighted by Gasteiger charge is 2.68. The summed E-state index contributed by atoms with van der Waals surface area (Å²) in [6, 6.07) is 3.51. The lowest BCUT2D eigenvalue weighted by Gasteiger charge is -2.69. The number of Topliss-reactive ketones (excluding diaryl/α,β-unsaturated/α-hetero) is 1. The van der Waals surface area contributed by atoms with E-state index in [1.54, 1.807) is 39.3 Å². The van der Waals surface area contributed by atoms with Crippen LogP contribution >= 0.6 is 11.6 Å². The van der Waals surface area contributed by atoms with Gasteiger partial charge < -0.3 is 20.3 Å². The van der Waals surface area contributed by atoms with Gasteiger partial charge in [-0.15, -0.1) is 0 Å². The second-order valence-corrected chi connectivity index (χ2v) is 20.2. The summed E-state index contributed by atoms with van der Waals surface area (Å²) in [6.45, 7) is 19.8. The van der Waals surface area contributed by atoms with Gasteiger partial charge in [0.05, 0.1) is 37.4 Å². The number of hydrogen-bond acceptors (Lipinski definition) is 8. The number of allylic oxidation sites excluding steroid dienone is 2. The standard InChI is InChI=1S/C46H67ClN4O7/c1-11-29(58-35(53)25-42(5,6)41(55)56)17-18-43(7)28(4)16-19-45(9)33(43)14-13-31-37-36(27(2)3)32(52)24-46(37,21-20-44(31,45)8)39-38(47)40(54)51(50(39)23-22-48)34-15-12-30(57-10)26-49-34/h12,15,26-29,31,33H,11,13-14,16-25,48H2,1-10H3,(H,55,56)/t28-,29-,31-,33-,43+,44-,45-,46-/m1/s1. The molecule has 0 unspecified atom stereocenters. The van der Waals surface area contributed by atoms with Gasteiger partial charge in [-0.1, -0.05) is 60.1 Å². The summed E-state index contributed by atoms with van der Waals surface area (Å²) >= 11 is 7.24. The zero-order chi connectivity index (χ0) is 42.7. The van der Waals surface area contributed by atoms with Crippen molar-refractivity contribution in [3.05, 3.63) is 50.5 Å². The minimum Gasteiger partial charge on any atom is -0.495 e. The molecule has 2 heterocycles. The van der Waals surface area contributed by atoms with Crippen molar-refractivity contribution in [3.8, 4) is 11.6 Å². The number of fused-ring (bicyclic) bond motifs is 5. The predicted molar refractivity (Wildman–Crippen MR) is 225 cm³/mol. The van der Waals surface area contributed by atoms with Gasteiger partial charge in [0.25, 0.3) is 5.56 Å². The summed E-state index contributed by atoms with van der Waals surface area (Å²) in [5.74, 6) is 0.636. The molecule has 3 fully saturated rings. The van der Waals surface area contributed by atoms with Crippen LogP contribution in [-0.4, -0.2) is 56.9 Å². The molecule has 3 saturated carbocycles. The number of methoxy groups -OCH3 is 1. The van der Waals surface area contributed by atoms with Crippen LogP contribution in [0.2, 0.25) is 5.02 Å². The number of carboxylic acids is 1. The number of carbonyl (C=O) groups excluding carboxylic acids is 2. The summed E-state index contributed by atoms with van der Waals surface area (Å²) in [4.78, 5) is 58.0. The van der Waals surface area contributed by atoms with Gasteiger partial charge in [0.2, 0.25) is 0 Å². The maximum Gasteiger partial charge on any atom is 0.309 e. The van der Waals surface area contributed by atoms with Crippen LogP contribution in [-0.2, 0) is 31.1 Å². The van der Waals surface area contributed by atoms with Gasteiger partial charge in [-0.25, -0.2) is 4.98 Å². The van der Waals surface area contributed by atoms with Crippen LogP contribution in [0.1, 0.15) is 139 Å². The lowest BCUT2D eigenvalue weighted by atomic mass is 9.35. The first-order chi connectivity index (χ1) is 27.2. The Kier molecular flexibility index (Phi) is 12.1. The van der Waals surface area contributed by atoms with Crippen molar-refractivity contribution in [3.63, 3.8) is 0 Å². The van der Waals surface area contributed by atoms with Crippen molar-refractivity contribution in [2.45, 2.75) is 151 Å². The number of halogens is 1. The van der Waals surface area contributed by atoms with Crippen molar-refractivity contribution in [2.24, 2.45) is 51.1 Å². The second-order valence-electron chi connectivity index (χ2n) is 19.8. The molecule has 6 rings (SSSR count). The topological polar surface area (TPSA) is 156 Å². The number of carbonyl (C=O) groups is 3. The number of ketones is 1. The van der Waals surface area contributed by atoms with E-state index < -0.39 is 22.8 Å². The average Bonchev–Trinajstić information content (AvgIpc) is 3.61. The van der Waals surface area contributed by atoms with Crippen molar-refractivity contribution < 1.29 is 29.0 Å². The van der Waals surface area contributed by atoms with Crippen molar-refractivity contribution in [2.75, 3.05) is 13.7 Å². The van der Waals surface area contributed by atoms with Gasteiger partial charge in [-0.2, -0.15) is 4.68 Å². The fraction of sp³-hybridized carbons (Fsp3) is 0.717. The maximum atomic E-state index is 14.5. The molecule has 0 aliphatic heterocycles. The minimum atomic E-state index is -1.19. The molecule has 2 aromatic rings. The Bertz CT molecular complexity index is 2020. The lowest BCUT2D eigenvalue weighted by Crippen LogP contribution is -2.62. The number of esters is 1. The molecular formula is C46H67ClN4O7. The van der Waals surface area contributed by atoms with Crippen LogP contribution < -0.4 is 16.0 Å². The van der Waals surface area contributed by atoms with Crippen LogP contribution in [0.3, 0.4) is 0 Å². The third-order valence-corrected chi connectivity index (χ3v) is 16.5. The number of carboxylic acid groups (broad SMARTS) is 1. The summed E-state index contributed by atoms with van der Waals surface area (Å²) in [6.07, 6.45) is 9.37. The van der Waals surface area contributed by atoms with E-state index >= 15 is 0 Å². The smallest absolute Gasteiger partial charge is 0.309 e. The van der Waals surface area contributed by atoms with Crippen molar-refractivity contribution in [1.82, 2.24) is 14.3 Å². The number of pyridine rings is 1. The molecule has 320 valence electrons. The quantitative estimate of drug-likeness (QED) is 0.178. The normalized spacial score (nSPS) is 31.5. The first-order valence-electron chi connectivity index (χ1n) is 21.6. The molecule has 0 radical (unpaired) electrons. The van der Waals surface area contributed by atoms with Crippen LogP contribution in [0.4, 0.5) is 0 Å². The molecule has 0 saturated heterocycles. The minimum absolute atomic E-state index is 0.00227. The molecule has 4 aliphatic carbocycles. The predicted octanol–water partition coefficient (Wildman–Crippen LogP) is 8.69. The number of nitrogens with two attached hydrogens (primary N) is 1. The molecule has 8 atom stereocenters. The molecule has 12 heteroatoms. The number of ether oxygens (including phenoxy) is 2. The average molecular weight is 824 g/mol. The number of rotatable bonds is 14. The fourth-order valence-corrected chi connectivity index (χ4v) is 12.9. The highest BCUT2D eigenvalue weighted by molar-refractivity contribution is 6.31. The van der Waals surface area contributed by atoms with E-state index in [1.807, 2.05) is 11.6 Å². The number of aliphatic carboxylic acids is 1. The Morgan fingerprint density at radius 2 is 1.79 bits per heavy atom. The second kappa shape index (κ2) is 15.9. The molecule has 2 aromatic heterocycles. The Labute approximate surface area is 349 Å². The molecule has 4 aliphatic rings. The molecule has 3 N–H and O–H groups in total.